The van der Waals surface area contributed by atoms with Crippen molar-refractivity contribution in [3.8, 4) is 11.5 Å². The van der Waals surface area contributed by atoms with Gasteiger partial charge in [0.25, 0.3) is 0 Å². The molecule has 7 heteroatoms. The van der Waals surface area contributed by atoms with E-state index in [0.717, 1.165) is 16.9 Å². The topological polar surface area (TPSA) is 85.9 Å². The maximum absolute atomic E-state index is 12.3. The van der Waals surface area contributed by atoms with E-state index in [-0.39, 0.29) is 26.0 Å². The Morgan fingerprint density at radius 2 is 1.79 bits per heavy atom. The molecule has 2 aromatic rings. The molecule has 7 nitrogen and oxygen atoms in total. The van der Waals surface area contributed by atoms with Gasteiger partial charge in [0.15, 0.2) is 11.5 Å². The van der Waals surface area contributed by atoms with Gasteiger partial charge in [-0.05, 0) is 43.0 Å². The first-order chi connectivity index (χ1) is 13.6. The van der Waals surface area contributed by atoms with Crippen LogP contribution in [0.15, 0.2) is 48.5 Å². The van der Waals surface area contributed by atoms with E-state index < -0.39 is 12.0 Å². The van der Waals surface area contributed by atoms with Gasteiger partial charge in [0, 0.05) is 6.04 Å². The number of esters is 1. The first-order valence-electron chi connectivity index (χ1n) is 9.26. The molecule has 0 aromatic heterocycles. The standard InChI is InChI=1S/C21H24N2O5/c1-2-26-20(24)13-22-21(25)23-17(10-15-6-4-3-5-7-15)11-16-8-9-18-19(12-16)28-14-27-18/h3-9,12,17H,2,10-11,13-14H2,1H3,(H2,22,23,25)/t17-/m0/s1. The molecule has 2 N–H and O–H groups in total. The normalized spacial score (nSPS) is 12.9. The number of nitrogens with one attached hydrogen (secondary N) is 2. The van der Waals surface area contributed by atoms with Crippen molar-refractivity contribution in [1.29, 1.82) is 0 Å². The molecule has 0 spiro atoms. The van der Waals surface area contributed by atoms with Crippen LogP contribution in [0.4, 0.5) is 4.79 Å². The quantitative estimate of drug-likeness (QED) is 0.683. The van der Waals surface area contributed by atoms with E-state index in [1.807, 2.05) is 48.5 Å². The van der Waals surface area contributed by atoms with Gasteiger partial charge in [0.1, 0.15) is 6.54 Å². The van der Waals surface area contributed by atoms with Crippen LogP contribution in [-0.2, 0) is 22.4 Å². The molecule has 2 aromatic carbocycles. The number of amides is 2. The third-order valence-corrected chi connectivity index (χ3v) is 4.28. The second-order valence-corrected chi connectivity index (χ2v) is 6.41. The lowest BCUT2D eigenvalue weighted by Crippen LogP contribution is -2.45. The Morgan fingerprint density at radius 3 is 2.57 bits per heavy atom. The van der Waals surface area contributed by atoms with Crippen molar-refractivity contribution in [3.63, 3.8) is 0 Å². The highest BCUT2D eigenvalue weighted by atomic mass is 16.7. The summed E-state index contributed by atoms with van der Waals surface area (Å²) in [7, 11) is 0. The molecule has 0 saturated carbocycles. The summed E-state index contributed by atoms with van der Waals surface area (Å²) >= 11 is 0. The molecule has 0 fully saturated rings. The molecule has 0 bridgehead atoms. The first-order valence-corrected chi connectivity index (χ1v) is 9.26. The molecule has 148 valence electrons. The lowest BCUT2D eigenvalue weighted by Gasteiger charge is -2.20. The molecule has 3 rings (SSSR count). The minimum Gasteiger partial charge on any atom is -0.465 e. The van der Waals surface area contributed by atoms with Crippen LogP contribution < -0.4 is 20.1 Å². The Bertz CT molecular complexity index is 810. The maximum atomic E-state index is 12.3. The maximum Gasteiger partial charge on any atom is 0.325 e. The van der Waals surface area contributed by atoms with E-state index in [4.69, 9.17) is 14.2 Å². The van der Waals surface area contributed by atoms with Crippen molar-refractivity contribution in [1.82, 2.24) is 10.6 Å². The van der Waals surface area contributed by atoms with Crippen LogP contribution in [0.1, 0.15) is 18.1 Å². The summed E-state index contributed by atoms with van der Waals surface area (Å²) < 4.78 is 15.6. The first kappa shape index (κ1) is 19.5. The lowest BCUT2D eigenvalue weighted by molar-refractivity contribution is -0.141. The van der Waals surface area contributed by atoms with Crippen molar-refractivity contribution >= 4 is 12.0 Å². The summed E-state index contributed by atoms with van der Waals surface area (Å²) in [6, 6.07) is 15.1. The number of urea groups is 1. The smallest absolute Gasteiger partial charge is 0.325 e. The number of benzene rings is 2. The van der Waals surface area contributed by atoms with Gasteiger partial charge in [-0.1, -0.05) is 36.4 Å². The summed E-state index contributed by atoms with van der Waals surface area (Å²) in [4.78, 5) is 23.7. The minimum absolute atomic E-state index is 0.162. The van der Waals surface area contributed by atoms with E-state index in [9.17, 15) is 9.59 Å². The van der Waals surface area contributed by atoms with Gasteiger partial charge in [0.05, 0.1) is 6.61 Å². The van der Waals surface area contributed by atoms with Gasteiger partial charge in [-0.25, -0.2) is 4.79 Å². The predicted molar refractivity (Wildman–Crippen MR) is 103 cm³/mol. The van der Waals surface area contributed by atoms with E-state index in [0.29, 0.717) is 18.6 Å². The molecule has 0 unspecified atom stereocenters. The second-order valence-electron chi connectivity index (χ2n) is 6.41. The van der Waals surface area contributed by atoms with E-state index in [1.165, 1.54) is 0 Å². The Balaban J connectivity index is 1.64. The molecule has 0 aliphatic carbocycles. The fourth-order valence-corrected chi connectivity index (χ4v) is 3.03. The molecule has 28 heavy (non-hydrogen) atoms. The summed E-state index contributed by atoms with van der Waals surface area (Å²) in [5.74, 6) is 0.972. The Hall–Kier alpha value is -3.22. The van der Waals surface area contributed by atoms with Crippen LogP contribution in [0.3, 0.4) is 0 Å². The van der Waals surface area contributed by atoms with Gasteiger partial charge in [0.2, 0.25) is 6.79 Å². The number of fused-ring (bicyclic) bond motifs is 1. The molecular weight excluding hydrogens is 360 g/mol. The zero-order valence-electron chi connectivity index (χ0n) is 15.8. The SMILES string of the molecule is CCOC(=O)CNC(=O)N[C@@H](Cc1ccccc1)Cc1ccc2c(c1)OCO2. The predicted octanol–water partition coefficient (Wildman–Crippen LogP) is 2.43. The largest absolute Gasteiger partial charge is 0.465 e. The summed E-state index contributed by atoms with van der Waals surface area (Å²) in [5, 5.41) is 5.49. The highest BCUT2D eigenvalue weighted by Crippen LogP contribution is 2.32. The number of rotatable bonds is 8. The van der Waals surface area contributed by atoms with Crippen LogP contribution >= 0.6 is 0 Å². The van der Waals surface area contributed by atoms with E-state index in [2.05, 4.69) is 10.6 Å². The van der Waals surface area contributed by atoms with Gasteiger partial charge in [-0.15, -0.1) is 0 Å². The monoisotopic (exact) mass is 384 g/mol. The number of hydrogen-bond acceptors (Lipinski definition) is 5. The lowest BCUT2D eigenvalue weighted by atomic mass is 9.99. The number of carbonyl (C=O) groups is 2. The van der Waals surface area contributed by atoms with Gasteiger partial charge in [-0.3, -0.25) is 4.79 Å². The highest BCUT2D eigenvalue weighted by Gasteiger charge is 2.18. The average Bonchev–Trinajstić information content (AvgIpc) is 3.15. The number of hydrogen-bond donors (Lipinski definition) is 2. The zero-order chi connectivity index (χ0) is 19.8. The molecule has 1 heterocycles. The fraction of sp³-hybridized carbons (Fsp3) is 0.333. The van der Waals surface area contributed by atoms with Gasteiger partial charge < -0.3 is 24.8 Å². The van der Waals surface area contributed by atoms with Crippen LogP contribution in [0.2, 0.25) is 0 Å². The molecule has 0 radical (unpaired) electrons. The van der Waals surface area contributed by atoms with Crippen molar-refractivity contribution in [2.45, 2.75) is 25.8 Å². The fourth-order valence-electron chi connectivity index (χ4n) is 3.03. The number of carbonyl (C=O) groups excluding carboxylic acids is 2. The highest BCUT2D eigenvalue weighted by molar-refractivity contribution is 5.80. The molecule has 1 aliphatic heterocycles. The average molecular weight is 384 g/mol. The van der Waals surface area contributed by atoms with Crippen LogP contribution in [0.5, 0.6) is 11.5 Å². The van der Waals surface area contributed by atoms with Crippen LogP contribution in [0.25, 0.3) is 0 Å². The molecule has 0 saturated heterocycles. The van der Waals surface area contributed by atoms with Crippen molar-refractivity contribution in [3.05, 3.63) is 59.7 Å². The zero-order valence-corrected chi connectivity index (χ0v) is 15.8. The molecular formula is C21H24N2O5. The third kappa shape index (κ3) is 5.64. The minimum atomic E-state index is -0.465. The summed E-state index contributed by atoms with van der Waals surface area (Å²) in [6.45, 7) is 2.06. The Morgan fingerprint density at radius 1 is 1.04 bits per heavy atom. The van der Waals surface area contributed by atoms with Crippen molar-refractivity contribution < 1.29 is 23.8 Å². The van der Waals surface area contributed by atoms with Crippen molar-refractivity contribution in [2.24, 2.45) is 0 Å². The molecule has 2 amide bonds. The third-order valence-electron chi connectivity index (χ3n) is 4.28. The van der Waals surface area contributed by atoms with Crippen LogP contribution in [0, 0.1) is 0 Å². The van der Waals surface area contributed by atoms with Gasteiger partial charge in [-0.2, -0.15) is 0 Å². The van der Waals surface area contributed by atoms with E-state index in [1.54, 1.807) is 6.92 Å². The van der Waals surface area contributed by atoms with Crippen LogP contribution in [-0.4, -0.2) is 38.0 Å². The van der Waals surface area contributed by atoms with Crippen molar-refractivity contribution in [2.75, 3.05) is 19.9 Å². The second kappa shape index (κ2) is 9.64. The summed E-state index contributed by atoms with van der Waals surface area (Å²) in [6.07, 6.45) is 1.26. The Labute approximate surface area is 164 Å². The van der Waals surface area contributed by atoms with E-state index >= 15 is 0 Å². The molecule has 1 aliphatic rings. The summed E-state index contributed by atoms with van der Waals surface area (Å²) in [5.41, 5.74) is 2.13. The Kier molecular flexibility index (Phi) is 6.73. The molecule has 1 atom stereocenters. The van der Waals surface area contributed by atoms with Gasteiger partial charge >= 0.3 is 12.0 Å². The number of ether oxygens (including phenoxy) is 3.